The maximum Gasteiger partial charge on any atom is 0.238 e. The van der Waals surface area contributed by atoms with Crippen LogP contribution in [0.5, 0.6) is 0 Å². The third-order valence-corrected chi connectivity index (χ3v) is 5.77. The summed E-state index contributed by atoms with van der Waals surface area (Å²) in [6.07, 6.45) is 0.703. The van der Waals surface area contributed by atoms with Crippen molar-refractivity contribution in [1.29, 1.82) is 0 Å². The van der Waals surface area contributed by atoms with Gasteiger partial charge in [0, 0.05) is 17.9 Å². The van der Waals surface area contributed by atoms with Gasteiger partial charge in [-0.3, -0.25) is 4.72 Å². The van der Waals surface area contributed by atoms with Gasteiger partial charge in [-0.1, -0.05) is 12.1 Å². The minimum absolute atomic E-state index is 0.0250. The molecule has 2 aromatic rings. The molecule has 2 rings (SSSR count). The Morgan fingerprint density at radius 3 is 1.96 bits per heavy atom. The zero-order chi connectivity index (χ0) is 18.5. The number of primary sulfonamides is 1. The van der Waals surface area contributed by atoms with Crippen LogP contribution in [0.2, 0.25) is 0 Å². The van der Waals surface area contributed by atoms with E-state index in [9.17, 15) is 16.8 Å². The van der Waals surface area contributed by atoms with Gasteiger partial charge in [0.2, 0.25) is 20.0 Å². The monoisotopic (exact) mass is 383 g/mol. The fourth-order valence-corrected chi connectivity index (χ4v) is 3.26. The van der Waals surface area contributed by atoms with Gasteiger partial charge in [0.15, 0.2) is 0 Å². The maximum atomic E-state index is 11.5. The van der Waals surface area contributed by atoms with E-state index in [4.69, 9.17) is 5.14 Å². The van der Waals surface area contributed by atoms with E-state index >= 15 is 0 Å². The first kappa shape index (κ1) is 19.2. The van der Waals surface area contributed by atoms with E-state index in [1.54, 1.807) is 43.3 Å². The molecule has 0 aliphatic heterocycles. The Hall–Kier alpha value is -2.10. The van der Waals surface area contributed by atoms with Crippen molar-refractivity contribution in [1.82, 2.24) is 0 Å². The molecular formula is C16H21N3O4S2. The summed E-state index contributed by atoms with van der Waals surface area (Å²) in [7, 11) is -6.94. The quantitative estimate of drug-likeness (QED) is 0.642. The van der Waals surface area contributed by atoms with Crippen LogP contribution >= 0.6 is 0 Å². The first-order valence-electron chi connectivity index (χ1n) is 7.66. The van der Waals surface area contributed by atoms with Crippen molar-refractivity contribution in [2.24, 2.45) is 5.14 Å². The van der Waals surface area contributed by atoms with Crippen LogP contribution in [-0.2, 0) is 26.5 Å². The highest BCUT2D eigenvalue weighted by Gasteiger charge is 2.07. The van der Waals surface area contributed by atoms with Crippen LogP contribution in [0.25, 0.3) is 0 Å². The molecular weight excluding hydrogens is 362 g/mol. The molecule has 0 fully saturated rings. The number of anilines is 2. The van der Waals surface area contributed by atoms with Gasteiger partial charge in [-0.25, -0.2) is 22.0 Å². The third kappa shape index (κ3) is 6.04. The molecule has 0 aliphatic rings. The van der Waals surface area contributed by atoms with Crippen LogP contribution < -0.4 is 15.2 Å². The highest BCUT2D eigenvalue weighted by atomic mass is 32.2. The number of nitrogens with one attached hydrogen (secondary N) is 2. The van der Waals surface area contributed by atoms with Gasteiger partial charge < -0.3 is 5.32 Å². The van der Waals surface area contributed by atoms with Gasteiger partial charge in [0.05, 0.1) is 10.6 Å². The van der Waals surface area contributed by atoms with Crippen LogP contribution in [0.4, 0.5) is 11.4 Å². The molecule has 0 saturated heterocycles. The molecule has 0 radical (unpaired) electrons. The van der Waals surface area contributed by atoms with Crippen molar-refractivity contribution in [3.63, 3.8) is 0 Å². The number of nitrogens with two attached hydrogens (primary N) is 1. The average molecular weight is 383 g/mol. The Bertz CT molecular complexity index is 907. The SMILES string of the molecule is CCS(=O)(=O)Nc1ccc(NCCc2ccc(S(N)(=O)=O)cc2)cc1. The summed E-state index contributed by atoms with van der Waals surface area (Å²) in [5, 5.41) is 8.28. The number of hydrogen-bond acceptors (Lipinski definition) is 5. The summed E-state index contributed by atoms with van der Waals surface area (Å²) in [6.45, 7) is 2.22. The molecule has 0 aromatic heterocycles. The molecule has 0 atom stereocenters. The molecule has 0 spiro atoms. The molecule has 0 bridgehead atoms. The standard InChI is InChI=1S/C16H21N3O4S2/c1-2-24(20,21)19-15-7-5-14(6-8-15)18-12-11-13-3-9-16(10-4-13)25(17,22)23/h3-10,18-19H,2,11-12H2,1H3,(H2,17,22,23). The lowest BCUT2D eigenvalue weighted by Crippen LogP contribution is -2.14. The normalized spacial score (nSPS) is 11.9. The number of sulfonamides is 2. The fraction of sp³-hybridized carbons (Fsp3) is 0.250. The fourth-order valence-electron chi connectivity index (χ4n) is 2.10. The topological polar surface area (TPSA) is 118 Å². The van der Waals surface area contributed by atoms with Crippen molar-refractivity contribution in [3.05, 3.63) is 54.1 Å². The van der Waals surface area contributed by atoms with Crippen LogP contribution in [0, 0.1) is 0 Å². The second-order valence-electron chi connectivity index (χ2n) is 5.45. The lowest BCUT2D eigenvalue weighted by molar-refractivity contribution is 0.597. The van der Waals surface area contributed by atoms with Gasteiger partial charge in [0.1, 0.15) is 0 Å². The molecule has 4 N–H and O–H groups in total. The van der Waals surface area contributed by atoms with Gasteiger partial charge in [-0.15, -0.1) is 0 Å². The first-order chi connectivity index (χ1) is 11.7. The zero-order valence-electron chi connectivity index (χ0n) is 13.8. The van der Waals surface area contributed by atoms with Crippen molar-refractivity contribution in [2.45, 2.75) is 18.2 Å². The van der Waals surface area contributed by atoms with Crippen molar-refractivity contribution in [2.75, 3.05) is 22.3 Å². The van der Waals surface area contributed by atoms with E-state index in [1.165, 1.54) is 12.1 Å². The van der Waals surface area contributed by atoms with Gasteiger partial charge in [-0.05, 0) is 55.3 Å². The molecule has 25 heavy (non-hydrogen) atoms. The van der Waals surface area contributed by atoms with Gasteiger partial charge >= 0.3 is 0 Å². The lowest BCUT2D eigenvalue weighted by atomic mass is 10.1. The molecule has 0 heterocycles. The van der Waals surface area contributed by atoms with Gasteiger partial charge in [0.25, 0.3) is 0 Å². The zero-order valence-corrected chi connectivity index (χ0v) is 15.4. The van der Waals surface area contributed by atoms with Crippen molar-refractivity contribution >= 4 is 31.4 Å². The Morgan fingerprint density at radius 1 is 0.880 bits per heavy atom. The Morgan fingerprint density at radius 2 is 1.44 bits per heavy atom. The number of hydrogen-bond donors (Lipinski definition) is 3. The molecule has 0 amide bonds. The summed E-state index contributed by atoms with van der Waals surface area (Å²) >= 11 is 0. The molecule has 9 heteroatoms. The summed E-state index contributed by atoms with van der Waals surface area (Å²) in [5.41, 5.74) is 2.36. The second kappa shape index (κ2) is 7.85. The molecule has 2 aromatic carbocycles. The molecule has 7 nitrogen and oxygen atoms in total. The van der Waals surface area contributed by atoms with Gasteiger partial charge in [-0.2, -0.15) is 0 Å². The van der Waals surface area contributed by atoms with E-state index in [0.29, 0.717) is 18.7 Å². The highest BCUT2D eigenvalue weighted by molar-refractivity contribution is 7.92. The summed E-state index contributed by atoms with van der Waals surface area (Å²) in [6, 6.07) is 13.4. The first-order valence-corrected chi connectivity index (χ1v) is 10.9. The Kier molecular flexibility index (Phi) is 6.04. The molecule has 0 saturated carbocycles. The summed E-state index contributed by atoms with van der Waals surface area (Å²) in [4.78, 5) is 0.0920. The average Bonchev–Trinajstić information content (AvgIpc) is 2.56. The van der Waals surface area contributed by atoms with E-state index in [2.05, 4.69) is 10.0 Å². The lowest BCUT2D eigenvalue weighted by Gasteiger charge is -2.09. The van der Waals surface area contributed by atoms with E-state index in [1.807, 2.05) is 0 Å². The number of rotatable bonds is 8. The van der Waals surface area contributed by atoms with E-state index < -0.39 is 20.0 Å². The van der Waals surface area contributed by atoms with Crippen molar-refractivity contribution in [3.8, 4) is 0 Å². The Balaban J connectivity index is 1.87. The Labute approximate surface area is 148 Å². The predicted octanol–water partition coefficient (Wildman–Crippen LogP) is 1.75. The minimum Gasteiger partial charge on any atom is -0.385 e. The minimum atomic E-state index is -3.67. The third-order valence-electron chi connectivity index (χ3n) is 3.53. The molecule has 0 aliphatic carbocycles. The van der Waals surface area contributed by atoms with E-state index in [-0.39, 0.29) is 10.6 Å². The molecule has 0 unspecified atom stereocenters. The smallest absolute Gasteiger partial charge is 0.238 e. The highest BCUT2D eigenvalue weighted by Crippen LogP contribution is 2.15. The summed E-state index contributed by atoms with van der Waals surface area (Å²) < 4.78 is 47.9. The van der Waals surface area contributed by atoms with Crippen molar-refractivity contribution < 1.29 is 16.8 Å². The largest absolute Gasteiger partial charge is 0.385 e. The maximum absolute atomic E-state index is 11.5. The van der Waals surface area contributed by atoms with E-state index in [0.717, 1.165) is 11.3 Å². The summed E-state index contributed by atoms with van der Waals surface area (Å²) in [5.74, 6) is 0.0250. The predicted molar refractivity (Wildman–Crippen MR) is 99.5 cm³/mol. The second-order valence-corrected chi connectivity index (χ2v) is 9.02. The number of benzene rings is 2. The van der Waals surface area contributed by atoms with Crippen LogP contribution in [-0.4, -0.2) is 29.1 Å². The van der Waals surface area contributed by atoms with Crippen LogP contribution in [0.1, 0.15) is 12.5 Å². The van der Waals surface area contributed by atoms with Crippen LogP contribution in [0.3, 0.4) is 0 Å². The molecule has 136 valence electrons. The van der Waals surface area contributed by atoms with Crippen LogP contribution in [0.15, 0.2) is 53.4 Å².